The molecule has 84 valence electrons. The van der Waals surface area contributed by atoms with Gasteiger partial charge in [0.05, 0.1) is 0 Å². The van der Waals surface area contributed by atoms with E-state index in [1.54, 1.807) is 0 Å². The first-order chi connectivity index (χ1) is 7.00. The zero-order valence-electron chi connectivity index (χ0n) is 10.4. The first-order valence-corrected chi connectivity index (χ1v) is 5.36. The lowest BCUT2D eigenvalue weighted by atomic mass is 10.0. The highest BCUT2D eigenvalue weighted by molar-refractivity contribution is 5.40. The van der Waals surface area contributed by atoms with Crippen LogP contribution in [0.1, 0.15) is 16.7 Å². The Labute approximate surface area is 92.9 Å². The summed E-state index contributed by atoms with van der Waals surface area (Å²) in [5.74, 6) is 0.984. The van der Waals surface area contributed by atoms with Crippen LogP contribution in [0.15, 0.2) is 12.1 Å². The fourth-order valence-corrected chi connectivity index (χ4v) is 1.43. The van der Waals surface area contributed by atoms with E-state index in [0.29, 0.717) is 0 Å². The second kappa shape index (κ2) is 5.17. The average molecular weight is 207 g/mol. The van der Waals surface area contributed by atoms with E-state index >= 15 is 0 Å². The molecule has 0 N–H and O–H groups in total. The van der Waals surface area contributed by atoms with Gasteiger partial charge in [-0.3, -0.25) is 0 Å². The van der Waals surface area contributed by atoms with Crippen LogP contribution in [-0.4, -0.2) is 32.1 Å². The van der Waals surface area contributed by atoms with Crippen LogP contribution in [0.2, 0.25) is 0 Å². The monoisotopic (exact) mass is 207 g/mol. The number of likely N-dealkylation sites (N-methyl/N-ethyl adjacent to an activating group) is 1. The summed E-state index contributed by atoms with van der Waals surface area (Å²) in [6, 6.07) is 4.22. The van der Waals surface area contributed by atoms with E-state index in [0.717, 1.165) is 18.9 Å². The van der Waals surface area contributed by atoms with Crippen molar-refractivity contribution >= 4 is 0 Å². The van der Waals surface area contributed by atoms with Crippen molar-refractivity contribution in [1.29, 1.82) is 0 Å². The summed E-state index contributed by atoms with van der Waals surface area (Å²) < 4.78 is 5.69. The lowest BCUT2D eigenvalue weighted by Crippen LogP contribution is -2.19. The van der Waals surface area contributed by atoms with E-state index in [9.17, 15) is 0 Å². The van der Waals surface area contributed by atoms with Crippen LogP contribution in [-0.2, 0) is 0 Å². The van der Waals surface area contributed by atoms with Crippen LogP contribution in [0.25, 0.3) is 0 Å². The molecule has 2 nitrogen and oxygen atoms in total. The van der Waals surface area contributed by atoms with Gasteiger partial charge in [0.2, 0.25) is 0 Å². The Morgan fingerprint density at radius 1 is 1.07 bits per heavy atom. The van der Waals surface area contributed by atoms with E-state index in [4.69, 9.17) is 4.74 Å². The minimum Gasteiger partial charge on any atom is -0.492 e. The number of hydrogen-bond donors (Lipinski definition) is 0. The molecule has 15 heavy (non-hydrogen) atoms. The highest BCUT2D eigenvalue weighted by Gasteiger charge is 2.01. The maximum absolute atomic E-state index is 5.69. The second-order valence-electron chi connectivity index (χ2n) is 4.33. The highest BCUT2D eigenvalue weighted by Crippen LogP contribution is 2.20. The number of rotatable bonds is 4. The van der Waals surface area contributed by atoms with Gasteiger partial charge in [0.1, 0.15) is 12.4 Å². The van der Waals surface area contributed by atoms with Crippen LogP contribution in [0.3, 0.4) is 0 Å². The first kappa shape index (κ1) is 12.1. The molecule has 0 heterocycles. The van der Waals surface area contributed by atoms with Crippen molar-refractivity contribution in [3.05, 3.63) is 28.8 Å². The van der Waals surface area contributed by atoms with Crippen molar-refractivity contribution in [1.82, 2.24) is 4.90 Å². The van der Waals surface area contributed by atoms with Gasteiger partial charge in [-0.05, 0) is 63.7 Å². The summed E-state index contributed by atoms with van der Waals surface area (Å²) in [5.41, 5.74) is 3.96. The minimum atomic E-state index is 0.745. The van der Waals surface area contributed by atoms with Gasteiger partial charge in [-0.15, -0.1) is 0 Å². The van der Waals surface area contributed by atoms with Gasteiger partial charge in [0.25, 0.3) is 0 Å². The Morgan fingerprint density at radius 2 is 1.60 bits per heavy atom. The Morgan fingerprint density at radius 3 is 2.07 bits per heavy atom. The van der Waals surface area contributed by atoms with E-state index in [1.807, 2.05) is 0 Å². The molecule has 0 aliphatic rings. The number of benzene rings is 1. The minimum absolute atomic E-state index is 0.745. The molecule has 0 unspecified atom stereocenters. The van der Waals surface area contributed by atoms with Crippen LogP contribution < -0.4 is 4.74 Å². The zero-order valence-corrected chi connectivity index (χ0v) is 10.4. The molecule has 0 saturated heterocycles. The van der Waals surface area contributed by atoms with Gasteiger partial charge in [-0.1, -0.05) is 0 Å². The molecule has 2 heteroatoms. The number of aryl methyl sites for hydroxylation is 2. The van der Waals surface area contributed by atoms with E-state index in [1.165, 1.54) is 16.7 Å². The molecular weight excluding hydrogens is 186 g/mol. The molecule has 1 rings (SSSR count). The van der Waals surface area contributed by atoms with Gasteiger partial charge in [-0.25, -0.2) is 0 Å². The molecule has 0 atom stereocenters. The van der Waals surface area contributed by atoms with Gasteiger partial charge >= 0.3 is 0 Å². The molecule has 0 saturated carbocycles. The van der Waals surface area contributed by atoms with Crippen molar-refractivity contribution in [2.45, 2.75) is 20.8 Å². The van der Waals surface area contributed by atoms with Crippen LogP contribution in [0, 0.1) is 20.8 Å². The number of hydrogen-bond acceptors (Lipinski definition) is 2. The van der Waals surface area contributed by atoms with Gasteiger partial charge in [0.15, 0.2) is 0 Å². The standard InChI is InChI=1S/C13H21NO/c1-10-8-13(9-11(2)12(10)3)15-7-6-14(4)5/h8-9H,6-7H2,1-5H3. The van der Waals surface area contributed by atoms with Crippen molar-refractivity contribution < 1.29 is 4.74 Å². The molecule has 0 amide bonds. The van der Waals surface area contributed by atoms with Crippen molar-refractivity contribution in [2.75, 3.05) is 27.2 Å². The maximum atomic E-state index is 5.69. The third-order valence-electron chi connectivity index (χ3n) is 2.71. The molecular formula is C13H21NO. The molecule has 0 fully saturated rings. The lowest BCUT2D eigenvalue weighted by molar-refractivity contribution is 0.261. The highest BCUT2D eigenvalue weighted by atomic mass is 16.5. The molecule has 1 aromatic rings. The van der Waals surface area contributed by atoms with E-state index < -0.39 is 0 Å². The topological polar surface area (TPSA) is 12.5 Å². The third kappa shape index (κ3) is 3.56. The van der Waals surface area contributed by atoms with Crippen molar-refractivity contribution in [3.8, 4) is 5.75 Å². The normalized spacial score (nSPS) is 10.8. The quantitative estimate of drug-likeness (QED) is 0.752. The SMILES string of the molecule is Cc1cc(OCCN(C)C)cc(C)c1C. The van der Waals surface area contributed by atoms with Crippen LogP contribution >= 0.6 is 0 Å². The van der Waals surface area contributed by atoms with Crippen molar-refractivity contribution in [3.63, 3.8) is 0 Å². The Kier molecular flexibility index (Phi) is 4.15. The maximum Gasteiger partial charge on any atom is 0.119 e. The van der Waals surface area contributed by atoms with E-state index in [2.05, 4.69) is 51.9 Å². The Hall–Kier alpha value is -1.02. The van der Waals surface area contributed by atoms with E-state index in [-0.39, 0.29) is 0 Å². The predicted molar refractivity (Wildman–Crippen MR) is 64.7 cm³/mol. The summed E-state index contributed by atoms with van der Waals surface area (Å²) in [5, 5.41) is 0. The summed E-state index contributed by atoms with van der Waals surface area (Å²) in [6.07, 6.45) is 0. The molecule has 1 aromatic carbocycles. The fraction of sp³-hybridized carbons (Fsp3) is 0.538. The molecule has 0 bridgehead atoms. The summed E-state index contributed by atoms with van der Waals surface area (Å²) in [7, 11) is 4.10. The molecule has 0 aliphatic heterocycles. The first-order valence-electron chi connectivity index (χ1n) is 5.36. The van der Waals surface area contributed by atoms with Gasteiger partial charge < -0.3 is 9.64 Å². The molecule has 0 aliphatic carbocycles. The Balaban J connectivity index is 2.63. The summed E-state index contributed by atoms with van der Waals surface area (Å²) in [6.45, 7) is 8.09. The lowest BCUT2D eigenvalue weighted by Gasteiger charge is -2.13. The average Bonchev–Trinajstić information content (AvgIpc) is 2.13. The smallest absolute Gasteiger partial charge is 0.119 e. The summed E-state index contributed by atoms with van der Waals surface area (Å²) >= 11 is 0. The predicted octanol–water partition coefficient (Wildman–Crippen LogP) is 2.55. The fourth-order valence-electron chi connectivity index (χ4n) is 1.43. The molecule has 0 spiro atoms. The Bertz CT molecular complexity index is 308. The zero-order chi connectivity index (χ0) is 11.4. The van der Waals surface area contributed by atoms with Crippen LogP contribution in [0.4, 0.5) is 0 Å². The van der Waals surface area contributed by atoms with Gasteiger partial charge in [0, 0.05) is 6.54 Å². The largest absolute Gasteiger partial charge is 0.492 e. The number of ether oxygens (including phenoxy) is 1. The molecule has 0 radical (unpaired) electrons. The second-order valence-corrected chi connectivity index (χ2v) is 4.33. The third-order valence-corrected chi connectivity index (χ3v) is 2.71. The summed E-state index contributed by atoms with van der Waals surface area (Å²) in [4.78, 5) is 2.12. The number of nitrogens with zero attached hydrogens (tertiary/aromatic N) is 1. The van der Waals surface area contributed by atoms with Crippen molar-refractivity contribution in [2.24, 2.45) is 0 Å². The molecule has 0 aromatic heterocycles. The van der Waals surface area contributed by atoms with Crippen LogP contribution in [0.5, 0.6) is 5.75 Å². The van der Waals surface area contributed by atoms with Gasteiger partial charge in [-0.2, -0.15) is 0 Å².